The molecule has 272 valence electrons. The first-order valence-electron chi connectivity index (χ1n) is 19.9. The fourth-order valence-electron chi connectivity index (χ4n) is 8.95. The Morgan fingerprint density at radius 2 is 0.845 bits per heavy atom. The van der Waals surface area contributed by atoms with E-state index in [1.54, 1.807) is 0 Å². The molecule has 11 aromatic rings. The second kappa shape index (κ2) is 14.1. The van der Waals surface area contributed by atoms with Crippen molar-refractivity contribution >= 4 is 60.4 Å². The number of nitrogens with zero attached hydrogens (tertiary/aromatic N) is 2. The first kappa shape index (κ1) is 33.6. The van der Waals surface area contributed by atoms with Crippen LogP contribution in [0.5, 0.6) is 0 Å². The zero-order valence-corrected chi connectivity index (χ0v) is 31.8. The largest absolute Gasteiger partial charge is 0.309 e. The summed E-state index contributed by atoms with van der Waals surface area (Å²) in [6.45, 7) is 0. The van der Waals surface area contributed by atoms with Gasteiger partial charge in [-0.25, -0.2) is 0 Å². The molecule has 0 aliphatic rings. The third-order valence-electron chi connectivity index (χ3n) is 11.6. The lowest BCUT2D eigenvalue weighted by Crippen LogP contribution is -2.12. The molecule has 0 spiro atoms. The van der Waals surface area contributed by atoms with Crippen LogP contribution in [0.25, 0.3) is 82.4 Å². The van der Waals surface area contributed by atoms with Gasteiger partial charge in [0.1, 0.15) is 0 Å². The lowest BCUT2D eigenvalue weighted by Gasteiger charge is -2.30. The van der Waals surface area contributed by atoms with Gasteiger partial charge in [0.05, 0.1) is 22.4 Å². The Balaban J connectivity index is 1.18. The van der Waals surface area contributed by atoms with Crippen molar-refractivity contribution in [1.29, 1.82) is 0 Å². The highest BCUT2D eigenvalue weighted by Crippen LogP contribution is 2.47. The average Bonchev–Trinajstić information content (AvgIpc) is 3.64. The van der Waals surface area contributed by atoms with E-state index in [1.165, 1.54) is 71.2 Å². The molecule has 1 aromatic heterocycles. The number of rotatable bonds is 7. The zero-order chi connectivity index (χ0) is 38.4. The van der Waals surface area contributed by atoms with Gasteiger partial charge in [0, 0.05) is 33.1 Å². The fraction of sp³-hybridized carbons (Fsp3) is 0. The van der Waals surface area contributed by atoms with Crippen LogP contribution in [0.15, 0.2) is 231 Å². The number of anilines is 3. The van der Waals surface area contributed by atoms with Crippen molar-refractivity contribution in [3.63, 3.8) is 0 Å². The second-order valence-corrected chi connectivity index (χ2v) is 14.9. The molecule has 58 heavy (non-hydrogen) atoms. The molecule has 0 aliphatic heterocycles. The molecular weight excluding hydrogens is 701 g/mol. The Labute approximate surface area is 338 Å². The Kier molecular flexibility index (Phi) is 8.19. The normalized spacial score (nSPS) is 11.4. The molecule has 0 atom stereocenters. The maximum Gasteiger partial charge on any atom is 0.0561 e. The highest BCUT2D eigenvalue weighted by molar-refractivity contribution is 6.16. The average molecular weight is 739 g/mol. The number of benzene rings is 10. The summed E-state index contributed by atoms with van der Waals surface area (Å²) in [4.78, 5) is 2.48. The standard InChI is InChI=1S/C56H38N2/c1-3-18-39(19-4-1)45-25-9-10-26-46(45)41-23-17-24-43(36-41)57-54-33-16-14-31-51(54)52-35-34-44(38-56(52)57)58(53-32-15-13-28-48(53)40-20-5-2-6-21-40)55-37-42-22-7-8-27-47(42)49-29-11-12-30-50(49)55/h1-38H. The minimum Gasteiger partial charge on any atom is -0.309 e. The number of hydrogen-bond donors (Lipinski definition) is 0. The molecule has 2 heteroatoms. The van der Waals surface area contributed by atoms with E-state index in [0.717, 1.165) is 28.3 Å². The van der Waals surface area contributed by atoms with E-state index in [1.807, 2.05) is 0 Å². The molecule has 0 saturated carbocycles. The summed E-state index contributed by atoms with van der Waals surface area (Å²) in [6.07, 6.45) is 0. The Morgan fingerprint density at radius 1 is 0.293 bits per heavy atom. The van der Waals surface area contributed by atoms with Crippen LogP contribution in [-0.4, -0.2) is 4.57 Å². The minimum absolute atomic E-state index is 1.09. The molecule has 0 bridgehead atoms. The first-order valence-corrected chi connectivity index (χ1v) is 19.9. The maximum atomic E-state index is 2.48. The molecule has 0 unspecified atom stereocenters. The smallest absolute Gasteiger partial charge is 0.0561 e. The zero-order valence-electron chi connectivity index (χ0n) is 31.8. The number of hydrogen-bond acceptors (Lipinski definition) is 1. The lowest BCUT2D eigenvalue weighted by atomic mass is 9.94. The fourth-order valence-corrected chi connectivity index (χ4v) is 8.95. The van der Waals surface area contributed by atoms with Gasteiger partial charge in [0.15, 0.2) is 0 Å². The van der Waals surface area contributed by atoms with E-state index in [-0.39, 0.29) is 0 Å². The molecule has 0 saturated heterocycles. The summed E-state index contributed by atoms with van der Waals surface area (Å²) < 4.78 is 2.45. The highest BCUT2D eigenvalue weighted by atomic mass is 15.1. The van der Waals surface area contributed by atoms with E-state index in [2.05, 4.69) is 240 Å². The number of aromatic nitrogens is 1. The van der Waals surface area contributed by atoms with E-state index in [9.17, 15) is 0 Å². The van der Waals surface area contributed by atoms with Gasteiger partial charge in [-0.15, -0.1) is 0 Å². The van der Waals surface area contributed by atoms with Crippen LogP contribution in [0.3, 0.4) is 0 Å². The number of fused-ring (bicyclic) bond motifs is 6. The topological polar surface area (TPSA) is 8.17 Å². The van der Waals surface area contributed by atoms with Crippen molar-refractivity contribution in [1.82, 2.24) is 4.57 Å². The molecule has 2 nitrogen and oxygen atoms in total. The van der Waals surface area contributed by atoms with E-state index < -0.39 is 0 Å². The van der Waals surface area contributed by atoms with Gasteiger partial charge in [-0.05, 0) is 86.4 Å². The van der Waals surface area contributed by atoms with Crippen molar-refractivity contribution in [2.75, 3.05) is 4.90 Å². The van der Waals surface area contributed by atoms with Crippen molar-refractivity contribution in [2.24, 2.45) is 0 Å². The molecule has 1 heterocycles. The van der Waals surface area contributed by atoms with Gasteiger partial charge >= 0.3 is 0 Å². The minimum atomic E-state index is 1.09. The van der Waals surface area contributed by atoms with Crippen LogP contribution in [-0.2, 0) is 0 Å². The van der Waals surface area contributed by atoms with Gasteiger partial charge in [-0.3, -0.25) is 0 Å². The summed E-state index contributed by atoms with van der Waals surface area (Å²) in [5.41, 5.74) is 14.0. The van der Waals surface area contributed by atoms with Crippen LogP contribution in [0, 0.1) is 0 Å². The van der Waals surface area contributed by atoms with Crippen LogP contribution >= 0.6 is 0 Å². The van der Waals surface area contributed by atoms with E-state index in [0.29, 0.717) is 0 Å². The maximum absolute atomic E-state index is 2.48. The Bertz CT molecular complexity index is 3290. The molecule has 0 fully saturated rings. The molecule has 0 amide bonds. The number of para-hydroxylation sites is 2. The van der Waals surface area contributed by atoms with Crippen molar-refractivity contribution < 1.29 is 0 Å². The summed E-state index contributed by atoms with van der Waals surface area (Å²) in [5.74, 6) is 0. The summed E-state index contributed by atoms with van der Waals surface area (Å²) in [6, 6.07) is 83.8. The quantitative estimate of drug-likeness (QED) is 0.148. The van der Waals surface area contributed by atoms with Gasteiger partial charge < -0.3 is 9.47 Å². The highest BCUT2D eigenvalue weighted by Gasteiger charge is 2.22. The Hall–Kier alpha value is -7.68. The van der Waals surface area contributed by atoms with E-state index >= 15 is 0 Å². The van der Waals surface area contributed by atoms with Gasteiger partial charge in [0.25, 0.3) is 0 Å². The van der Waals surface area contributed by atoms with Gasteiger partial charge in [-0.1, -0.05) is 188 Å². The predicted octanol–water partition coefficient (Wildman–Crippen LogP) is 15.6. The summed E-state index contributed by atoms with van der Waals surface area (Å²) in [7, 11) is 0. The van der Waals surface area contributed by atoms with Gasteiger partial charge in [-0.2, -0.15) is 0 Å². The van der Waals surface area contributed by atoms with Gasteiger partial charge in [0.2, 0.25) is 0 Å². The molecular formula is C56H38N2. The third kappa shape index (κ3) is 5.66. The second-order valence-electron chi connectivity index (χ2n) is 14.9. The third-order valence-corrected chi connectivity index (χ3v) is 11.6. The van der Waals surface area contributed by atoms with Crippen molar-refractivity contribution in [3.05, 3.63) is 231 Å². The van der Waals surface area contributed by atoms with Crippen LogP contribution in [0.2, 0.25) is 0 Å². The van der Waals surface area contributed by atoms with Crippen LogP contribution in [0.1, 0.15) is 0 Å². The monoisotopic (exact) mass is 738 g/mol. The van der Waals surface area contributed by atoms with Crippen molar-refractivity contribution in [2.45, 2.75) is 0 Å². The Morgan fingerprint density at radius 3 is 1.62 bits per heavy atom. The van der Waals surface area contributed by atoms with Crippen LogP contribution < -0.4 is 4.90 Å². The molecule has 0 radical (unpaired) electrons. The molecule has 10 aromatic carbocycles. The lowest BCUT2D eigenvalue weighted by molar-refractivity contribution is 1.18. The van der Waals surface area contributed by atoms with Crippen molar-refractivity contribution in [3.8, 4) is 39.1 Å². The molecule has 0 aliphatic carbocycles. The molecule has 0 N–H and O–H groups in total. The summed E-state index contributed by atoms with van der Waals surface area (Å²) in [5, 5.41) is 7.35. The van der Waals surface area contributed by atoms with E-state index in [4.69, 9.17) is 0 Å². The summed E-state index contributed by atoms with van der Waals surface area (Å²) >= 11 is 0. The molecule has 11 rings (SSSR count). The van der Waals surface area contributed by atoms with Crippen LogP contribution in [0.4, 0.5) is 17.1 Å². The predicted molar refractivity (Wildman–Crippen MR) is 247 cm³/mol. The first-order chi connectivity index (χ1) is 28.8. The SMILES string of the molecule is c1ccc(-c2ccccc2-c2cccc(-n3c4ccccc4c4ccc(N(c5ccccc5-c5ccccc5)c5cc6ccccc6c6ccccc56)cc43)c2)cc1.